The quantitative estimate of drug-likeness (QED) is 0.508. The van der Waals surface area contributed by atoms with Gasteiger partial charge in [-0.3, -0.25) is 0 Å². The normalized spacial score (nSPS) is 12.3. The van der Waals surface area contributed by atoms with Crippen molar-refractivity contribution in [1.29, 1.82) is 0 Å². The molecule has 0 saturated carbocycles. The average Bonchev–Trinajstić information content (AvgIpc) is 3.00. The lowest BCUT2D eigenvalue weighted by atomic mass is 9.95. The van der Waals surface area contributed by atoms with Gasteiger partial charge in [0.1, 0.15) is 0 Å². The Hall–Kier alpha value is -2.44. The van der Waals surface area contributed by atoms with Gasteiger partial charge in [-0.15, -0.1) is 0 Å². The van der Waals surface area contributed by atoms with Crippen LogP contribution in [0.5, 0.6) is 0 Å². The number of halogens is 5. The number of benzene rings is 1. The predicted molar refractivity (Wildman–Crippen MR) is 89.4 cm³/mol. The Balaban J connectivity index is 2.37. The van der Waals surface area contributed by atoms with Crippen LogP contribution in [0.1, 0.15) is 41.3 Å². The Morgan fingerprint density at radius 3 is 2.35 bits per heavy atom. The largest absolute Gasteiger partial charge is 0.435 e. The van der Waals surface area contributed by atoms with Gasteiger partial charge in [-0.25, -0.2) is 13.3 Å². The molecule has 138 valence electrons. The minimum absolute atomic E-state index is 0.00852. The highest BCUT2D eigenvalue weighted by molar-refractivity contribution is 5.71. The zero-order chi connectivity index (χ0) is 19.2. The molecule has 0 spiro atoms. The summed E-state index contributed by atoms with van der Waals surface area (Å²) in [5, 5.41) is 3.57. The van der Waals surface area contributed by atoms with E-state index in [4.69, 9.17) is 0 Å². The maximum atomic E-state index is 13.6. The molecule has 0 unspecified atom stereocenters. The second-order valence-electron chi connectivity index (χ2n) is 6.23. The minimum atomic E-state index is -4.65. The molecule has 0 amide bonds. The number of nitrogens with zero attached hydrogens (tertiary/aromatic N) is 2. The molecule has 2 aromatic heterocycles. The fourth-order valence-corrected chi connectivity index (χ4v) is 3.11. The molecule has 0 fully saturated rings. The van der Waals surface area contributed by atoms with Crippen molar-refractivity contribution in [3.05, 3.63) is 58.3 Å². The average molecular weight is 368 g/mol. The van der Waals surface area contributed by atoms with Crippen molar-refractivity contribution in [2.24, 2.45) is 0 Å². The van der Waals surface area contributed by atoms with Gasteiger partial charge in [0.15, 0.2) is 5.69 Å². The van der Waals surface area contributed by atoms with E-state index in [-0.39, 0.29) is 16.8 Å². The van der Waals surface area contributed by atoms with Gasteiger partial charge in [0.25, 0.3) is 6.43 Å². The van der Waals surface area contributed by atoms with Gasteiger partial charge in [0, 0.05) is 11.1 Å². The third-order valence-electron chi connectivity index (χ3n) is 4.61. The monoisotopic (exact) mass is 368 g/mol. The molecule has 2 nitrogen and oxygen atoms in total. The molecule has 0 aliphatic rings. The van der Waals surface area contributed by atoms with Crippen LogP contribution in [0, 0.1) is 13.8 Å². The summed E-state index contributed by atoms with van der Waals surface area (Å²) in [6.45, 7) is 5.72. The molecule has 0 atom stereocenters. The number of hydrogen-bond donors (Lipinski definition) is 0. The van der Waals surface area contributed by atoms with E-state index in [2.05, 4.69) is 5.10 Å². The van der Waals surface area contributed by atoms with Crippen LogP contribution in [-0.4, -0.2) is 9.61 Å². The molecule has 0 bridgehead atoms. The molecule has 3 aromatic rings. The standard InChI is InChI=1S/C19H17F5N2/c1-4-12-8-13(7-10(2)11(12)3)17-15(18(20)21)6-5-14-9-16(19(22,23)24)25-26(14)17/h5-9,18H,4H2,1-3H3. The van der Waals surface area contributed by atoms with Crippen molar-refractivity contribution in [3.63, 3.8) is 0 Å². The fourth-order valence-electron chi connectivity index (χ4n) is 3.11. The zero-order valence-electron chi connectivity index (χ0n) is 14.5. The van der Waals surface area contributed by atoms with Crippen LogP contribution < -0.4 is 0 Å². The SMILES string of the molecule is CCc1cc(-c2c(C(F)F)ccc3cc(C(F)(F)F)nn23)cc(C)c1C. The molecular weight excluding hydrogens is 351 g/mol. The van der Waals surface area contributed by atoms with Crippen molar-refractivity contribution in [2.75, 3.05) is 0 Å². The molecule has 0 N–H and O–H groups in total. The molecule has 2 heterocycles. The first kappa shape index (κ1) is 18.4. The van der Waals surface area contributed by atoms with Crippen LogP contribution in [0.15, 0.2) is 30.3 Å². The van der Waals surface area contributed by atoms with Gasteiger partial charge >= 0.3 is 6.18 Å². The Bertz CT molecular complexity index is 970. The summed E-state index contributed by atoms with van der Waals surface area (Å²) in [5.41, 5.74) is 1.98. The van der Waals surface area contributed by atoms with Crippen LogP contribution in [0.2, 0.25) is 0 Å². The number of alkyl halides is 5. The first-order valence-electron chi connectivity index (χ1n) is 8.12. The van der Waals surface area contributed by atoms with E-state index in [1.807, 2.05) is 20.8 Å². The molecule has 7 heteroatoms. The molecule has 0 aliphatic heterocycles. The van der Waals surface area contributed by atoms with E-state index < -0.39 is 18.3 Å². The van der Waals surface area contributed by atoms with Gasteiger partial charge in [-0.1, -0.05) is 6.92 Å². The third kappa shape index (κ3) is 3.06. The van der Waals surface area contributed by atoms with E-state index in [0.717, 1.165) is 33.3 Å². The molecule has 1 aromatic carbocycles. The topological polar surface area (TPSA) is 17.3 Å². The van der Waals surface area contributed by atoms with Gasteiger partial charge < -0.3 is 0 Å². The number of aryl methyl sites for hydroxylation is 2. The second kappa shape index (κ2) is 6.37. The fraction of sp³-hybridized carbons (Fsp3) is 0.316. The van der Waals surface area contributed by atoms with Crippen molar-refractivity contribution in [3.8, 4) is 11.3 Å². The summed E-state index contributed by atoms with van der Waals surface area (Å²) in [6, 6.07) is 6.72. The smallest absolute Gasteiger partial charge is 0.232 e. The second-order valence-corrected chi connectivity index (χ2v) is 6.23. The third-order valence-corrected chi connectivity index (χ3v) is 4.61. The van der Waals surface area contributed by atoms with Crippen LogP contribution in [0.3, 0.4) is 0 Å². The summed E-state index contributed by atoms with van der Waals surface area (Å²) in [4.78, 5) is 0. The molecule has 0 radical (unpaired) electrons. The van der Waals surface area contributed by atoms with Crippen molar-refractivity contribution in [2.45, 2.75) is 39.8 Å². The highest BCUT2D eigenvalue weighted by Gasteiger charge is 2.34. The maximum Gasteiger partial charge on any atom is 0.435 e. The summed E-state index contributed by atoms with van der Waals surface area (Å²) < 4.78 is 67.2. The van der Waals surface area contributed by atoms with E-state index >= 15 is 0 Å². The lowest BCUT2D eigenvalue weighted by Crippen LogP contribution is -2.07. The number of aromatic nitrogens is 2. The van der Waals surface area contributed by atoms with E-state index in [1.54, 1.807) is 12.1 Å². The van der Waals surface area contributed by atoms with Crippen molar-refractivity contribution < 1.29 is 22.0 Å². The van der Waals surface area contributed by atoms with E-state index in [9.17, 15) is 22.0 Å². The van der Waals surface area contributed by atoms with Gasteiger partial charge in [-0.05, 0) is 67.3 Å². The summed E-state index contributed by atoms with van der Waals surface area (Å²) >= 11 is 0. The highest BCUT2D eigenvalue weighted by atomic mass is 19.4. The molecule has 26 heavy (non-hydrogen) atoms. The minimum Gasteiger partial charge on any atom is -0.232 e. The summed E-state index contributed by atoms with van der Waals surface area (Å²) in [7, 11) is 0. The molecule has 0 aliphatic carbocycles. The number of fused-ring (bicyclic) bond motifs is 1. The molecule has 0 saturated heterocycles. The maximum absolute atomic E-state index is 13.6. The van der Waals surface area contributed by atoms with Crippen LogP contribution >= 0.6 is 0 Å². The van der Waals surface area contributed by atoms with Gasteiger partial charge in [0.05, 0.1) is 11.2 Å². The highest BCUT2D eigenvalue weighted by Crippen LogP contribution is 2.36. The van der Waals surface area contributed by atoms with Gasteiger partial charge in [-0.2, -0.15) is 18.3 Å². The van der Waals surface area contributed by atoms with Crippen molar-refractivity contribution in [1.82, 2.24) is 9.61 Å². The first-order valence-corrected chi connectivity index (χ1v) is 8.12. The zero-order valence-corrected chi connectivity index (χ0v) is 14.5. The number of pyridine rings is 1. The Labute approximate surface area is 147 Å². The summed E-state index contributed by atoms with van der Waals surface area (Å²) in [6.07, 6.45) is -6.79. The van der Waals surface area contributed by atoms with Gasteiger partial charge in [0.2, 0.25) is 0 Å². The van der Waals surface area contributed by atoms with E-state index in [0.29, 0.717) is 12.0 Å². The Morgan fingerprint density at radius 1 is 1.08 bits per heavy atom. The lowest BCUT2D eigenvalue weighted by molar-refractivity contribution is -0.141. The Kier molecular flexibility index (Phi) is 4.50. The Morgan fingerprint density at radius 2 is 1.77 bits per heavy atom. The van der Waals surface area contributed by atoms with E-state index in [1.165, 1.54) is 6.07 Å². The lowest BCUT2D eigenvalue weighted by Gasteiger charge is -2.15. The molecular formula is C19H17F5N2. The summed E-state index contributed by atoms with van der Waals surface area (Å²) in [5.74, 6) is 0. The predicted octanol–water partition coefficient (Wildman–Crippen LogP) is 6.14. The first-order chi connectivity index (χ1) is 12.1. The van der Waals surface area contributed by atoms with Crippen LogP contribution in [0.4, 0.5) is 22.0 Å². The number of hydrogen-bond acceptors (Lipinski definition) is 1. The van der Waals surface area contributed by atoms with Crippen LogP contribution in [0.25, 0.3) is 16.8 Å². The van der Waals surface area contributed by atoms with Crippen LogP contribution in [-0.2, 0) is 12.6 Å². The number of rotatable bonds is 3. The molecule has 3 rings (SSSR count). The van der Waals surface area contributed by atoms with Crippen molar-refractivity contribution >= 4 is 5.52 Å².